The average molecular weight is 401 g/mol. The number of phenols is 1. The fourth-order valence-electron chi connectivity index (χ4n) is 4.12. The van der Waals surface area contributed by atoms with E-state index in [9.17, 15) is 23.5 Å². The lowest BCUT2D eigenvalue weighted by Crippen LogP contribution is -2.43. The van der Waals surface area contributed by atoms with Gasteiger partial charge in [-0.1, -0.05) is 12.2 Å². The van der Waals surface area contributed by atoms with E-state index >= 15 is 0 Å². The van der Waals surface area contributed by atoms with Crippen LogP contribution in [-0.4, -0.2) is 33.3 Å². The molecular formula is C22H22F3N3O. The highest BCUT2D eigenvalue weighted by Crippen LogP contribution is 2.44. The summed E-state index contributed by atoms with van der Waals surface area (Å²) >= 11 is 0. The van der Waals surface area contributed by atoms with Crippen LogP contribution in [-0.2, 0) is 0 Å². The first-order valence-corrected chi connectivity index (χ1v) is 9.72. The lowest BCUT2D eigenvalue weighted by molar-refractivity contribution is -0.169. The first kappa shape index (κ1) is 19.4. The molecule has 2 aromatic rings. The number of nitriles is 1. The standard InChI is InChI=1S/C22H22F3N3O/c1-13-10-19-16(11-20(13)29)17(12-26)21(28(19)15-6-5-7-15)18-8-3-4-9-27(18)14(2)22(23,24)25/h3-4,8,10-11,14-15,29H,5-7,9H2,1-2H3/t14-/m1/s1. The Bertz CT molecular complexity index is 1070. The van der Waals surface area contributed by atoms with Crippen LogP contribution in [0.4, 0.5) is 13.2 Å². The summed E-state index contributed by atoms with van der Waals surface area (Å²) in [4.78, 5) is 1.30. The largest absolute Gasteiger partial charge is 0.508 e. The fraction of sp³-hybridized carbons (Fsp3) is 0.409. The van der Waals surface area contributed by atoms with Crippen molar-refractivity contribution in [1.29, 1.82) is 5.26 Å². The van der Waals surface area contributed by atoms with Crippen LogP contribution in [0.25, 0.3) is 16.6 Å². The molecule has 2 heterocycles. The topological polar surface area (TPSA) is 52.2 Å². The molecule has 0 bridgehead atoms. The number of aryl methyl sites for hydroxylation is 1. The minimum atomic E-state index is -4.39. The van der Waals surface area contributed by atoms with Crippen LogP contribution in [0.2, 0.25) is 0 Å². The summed E-state index contributed by atoms with van der Waals surface area (Å²) < 4.78 is 42.7. The summed E-state index contributed by atoms with van der Waals surface area (Å²) in [6.45, 7) is 3.04. The van der Waals surface area contributed by atoms with Gasteiger partial charge in [0.2, 0.25) is 0 Å². The molecule has 1 aliphatic heterocycles. The number of nitrogens with zero attached hydrogens (tertiary/aromatic N) is 3. The molecule has 0 unspecified atom stereocenters. The molecule has 1 aromatic carbocycles. The van der Waals surface area contributed by atoms with E-state index in [-0.39, 0.29) is 18.3 Å². The van der Waals surface area contributed by atoms with Gasteiger partial charge >= 0.3 is 6.18 Å². The molecule has 0 amide bonds. The number of fused-ring (bicyclic) bond motifs is 1. The van der Waals surface area contributed by atoms with Crippen molar-refractivity contribution in [2.24, 2.45) is 0 Å². The molecule has 29 heavy (non-hydrogen) atoms. The molecular weight excluding hydrogens is 379 g/mol. The number of phenolic OH excluding ortho intramolecular Hbond substituents is 1. The molecule has 2 aliphatic rings. The molecule has 0 saturated heterocycles. The Morgan fingerprint density at radius 1 is 1.28 bits per heavy atom. The summed E-state index contributed by atoms with van der Waals surface area (Å²) in [7, 11) is 0. The molecule has 4 nitrogen and oxygen atoms in total. The highest BCUT2D eigenvalue weighted by atomic mass is 19.4. The van der Waals surface area contributed by atoms with E-state index in [4.69, 9.17) is 0 Å². The fourth-order valence-corrected chi connectivity index (χ4v) is 4.12. The molecule has 152 valence electrons. The molecule has 1 aliphatic carbocycles. The van der Waals surface area contributed by atoms with E-state index in [0.29, 0.717) is 27.9 Å². The van der Waals surface area contributed by atoms with Gasteiger partial charge in [-0.25, -0.2) is 0 Å². The maximum atomic E-state index is 13.6. The summed E-state index contributed by atoms with van der Waals surface area (Å²) in [5.41, 5.74) is 2.67. The smallest absolute Gasteiger partial charge is 0.408 e. The maximum absolute atomic E-state index is 13.6. The second kappa shape index (κ2) is 6.87. The van der Waals surface area contributed by atoms with Gasteiger partial charge < -0.3 is 14.6 Å². The third-order valence-corrected chi connectivity index (χ3v) is 6.06. The number of alkyl halides is 3. The van der Waals surface area contributed by atoms with Crippen molar-refractivity contribution in [2.45, 2.75) is 51.4 Å². The van der Waals surface area contributed by atoms with Crippen molar-refractivity contribution in [1.82, 2.24) is 9.47 Å². The summed E-state index contributed by atoms with van der Waals surface area (Å²) in [5, 5.41) is 20.7. The number of aromatic nitrogens is 1. The van der Waals surface area contributed by atoms with Gasteiger partial charge in [-0.05, 0) is 56.9 Å². The van der Waals surface area contributed by atoms with Crippen molar-refractivity contribution < 1.29 is 18.3 Å². The van der Waals surface area contributed by atoms with E-state index < -0.39 is 12.2 Å². The summed E-state index contributed by atoms with van der Waals surface area (Å²) in [6, 6.07) is 4.02. The van der Waals surface area contributed by atoms with Crippen molar-refractivity contribution >= 4 is 16.6 Å². The molecule has 1 N–H and O–H groups in total. The monoisotopic (exact) mass is 401 g/mol. The second-order valence-electron chi connectivity index (χ2n) is 7.80. The van der Waals surface area contributed by atoms with Crippen molar-refractivity contribution in [3.8, 4) is 11.8 Å². The number of benzene rings is 1. The SMILES string of the molecule is Cc1cc2c(cc1O)c(C#N)c(C1=CC=CCN1[C@H](C)C(F)(F)F)n2C1CCC1. The molecule has 1 fully saturated rings. The van der Waals surface area contributed by atoms with Crippen LogP contribution in [0.1, 0.15) is 49.0 Å². The molecule has 1 aromatic heterocycles. The zero-order valence-electron chi connectivity index (χ0n) is 16.3. The van der Waals surface area contributed by atoms with Gasteiger partial charge in [0, 0.05) is 18.0 Å². The van der Waals surface area contributed by atoms with Gasteiger partial charge in [0.1, 0.15) is 17.9 Å². The number of rotatable bonds is 3. The Balaban J connectivity index is 2.00. The van der Waals surface area contributed by atoms with Crippen LogP contribution >= 0.6 is 0 Å². The summed E-state index contributed by atoms with van der Waals surface area (Å²) in [6.07, 6.45) is 3.57. The number of allylic oxidation sites excluding steroid dienone is 2. The first-order chi connectivity index (χ1) is 13.7. The Hall–Kier alpha value is -2.88. The first-order valence-electron chi connectivity index (χ1n) is 9.72. The maximum Gasteiger partial charge on any atom is 0.408 e. The molecule has 0 radical (unpaired) electrons. The summed E-state index contributed by atoms with van der Waals surface area (Å²) in [5.74, 6) is 0.0735. The molecule has 7 heteroatoms. The molecule has 4 rings (SSSR count). The van der Waals surface area contributed by atoms with Gasteiger partial charge in [-0.3, -0.25) is 0 Å². The van der Waals surface area contributed by atoms with E-state index in [1.54, 1.807) is 31.2 Å². The van der Waals surface area contributed by atoms with Crippen molar-refractivity contribution in [3.05, 3.63) is 47.2 Å². The van der Waals surface area contributed by atoms with Crippen molar-refractivity contribution in [2.75, 3.05) is 6.54 Å². The van der Waals surface area contributed by atoms with E-state index in [2.05, 4.69) is 6.07 Å². The van der Waals surface area contributed by atoms with E-state index in [0.717, 1.165) is 31.7 Å². The number of aromatic hydroxyl groups is 1. The quantitative estimate of drug-likeness (QED) is 0.748. The lowest BCUT2D eigenvalue weighted by Gasteiger charge is -2.37. The normalized spacial score (nSPS) is 18.5. The minimum absolute atomic E-state index is 0.0735. The molecule has 1 atom stereocenters. The Morgan fingerprint density at radius 2 is 2.00 bits per heavy atom. The zero-order chi connectivity index (χ0) is 20.9. The third-order valence-electron chi connectivity index (χ3n) is 6.06. The number of hydrogen-bond acceptors (Lipinski definition) is 3. The third kappa shape index (κ3) is 3.07. The van der Waals surface area contributed by atoms with Crippen LogP contribution in [0.3, 0.4) is 0 Å². The molecule has 0 spiro atoms. The lowest BCUT2D eigenvalue weighted by atomic mass is 9.92. The van der Waals surface area contributed by atoms with Crippen LogP contribution in [0, 0.1) is 18.3 Å². The van der Waals surface area contributed by atoms with Gasteiger partial charge in [-0.2, -0.15) is 18.4 Å². The predicted molar refractivity (Wildman–Crippen MR) is 105 cm³/mol. The zero-order valence-corrected chi connectivity index (χ0v) is 16.3. The van der Waals surface area contributed by atoms with Crippen molar-refractivity contribution in [3.63, 3.8) is 0 Å². The highest BCUT2D eigenvalue weighted by molar-refractivity contribution is 5.94. The Morgan fingerprint density at radius 3 is 2.59 bits per heavy atom. The number of halogens is 3. The van der Waals surface area contributed by atoms with E-state index in [1.807, 2.05) is 10.6 Å². The Kier molecular flexibility index (Phi) is 4.60. The number of hydrogen-bond donors (Lipinski definition) is 1. The van der Waals surface area contributed by atoms with Crippen LogP contribution in [0.15, 0.2) is 30.4 Å². The van der Waals surface area contributed by atoms with Gasteiger partial charge in [-0.15, -0.1) is 0 Å². The highest BCUT2D eigenvalue weighted by Gasteiger charge is 2.42. The van der Waals surface area contributed by atoms with Crippen LogP contribution < -0.4 is 0 Å². The van der Waals surface area contributed by atoms with Gasteiger partial charge in [0.15, 0.2) is 0 Å². The molecule has 1 saturated carbocycles. The minimum Gasteiger partial charge on any atom is -0.508 e. The van der Waals surface area contributed by atoms with Crippen LogP contribution in [0.5, 0.6) is 5.75 Å². The van der Waals surface area contributed by atoms with Gasteiger partial charge in [0.25, 0.3) is 0 Å². The van der Waals surface area contributed by atoms with Gasteiger partial charge in [0.05, 0.1) is 22.5 Å². The Labute approximate surface area is 167 Å². The average Bonchev–Trinajstić information content (AvgIpc) is 2.92. The second-order valence-corrected chi connectivity index (χ2v) is 7.80. The van der Waals surface area contributed by atoms with E-state index in [1.165, 1.54) is 4.90 Å². The predicted octanol–water partition coefficient (Wildman–Crippen LogP) is 5.42.